The zero-order valence-electron chi connectivity index (χ0n) is 15.7. The van der Waals surface area contributed by atoms with E-state index in [9.17, 15) is 24.8 Å². The van der Waals surface area contributed by atoms with Gasteiger partial charge in [-0.1, -0.05) is 0 Å². The number of carbonyl (C=O) groups is 2. The van der Waals surface area contributed by atoms with E-state index in [0.29, 0.717) is 18.5 Å². The van der Waals surface area contributed by atoms with Gasteiger partial charge in [0.1, 0.15) is 13.1 Å². The molecule has 0 radical (unpaired) electrons. The third-order valence-corrected chi connectivity index (χ3v) is 5.23. The van der Waals surface area contributed by atoms with Crippen LogP contribution >= 0.6 is 0 Å². The summed E-state index contributed by atoms with van der Waals surface area (Å²) in [7, 11) is 0. The molecule has 1 aromatic rings. The number of nitro benzene ring substituents is 1. The number of nitrogens with zero attached hydrogens (tertiary/aromatic N) is 2. The minimum absolute atomic E-state index is 0.0394. The maximum atomic E-state index is 12.6. The maximum Gasteiger partial charge on any atom is 0.290 e. The number of Topliss-reactive ketones (excluding diaryl/α,β-unsaturated/α-hetero) is 1. The van der Waals surface area contributed by atoms with E-state index in [4.69, 9.17) is 4.74 Å². The molecule has 3 rings (SSSR count). The van der Waals surface area contributed by atoms with Gasteiger partial charge >= 0.3 is 0 Å². The summed E-state index contributed by atoms with van der Waals surface area (Å²) in [4.78, 5) is 38.0. The Bertz CT molecular complexity index is 798. The molecule has 1 amide bonds. The number of aliphatic hydroxyl groups is 1. The summed E-state index contributed by atoms with van der Waals surface area (Å²) in [5.74, 6) is -1.50. The van der Waals surface area contributed by atoms with E-state index in [2.05, 4.69) is 0 Å². The topological polar surface area (TPSA) is 114 Å². The minimum atomic E-state index is -0.731. The number of ketones is 1. The number of quaternary nitrogens is 1. The molecular weight excluding hydrogens is 366 g/mol. The first-order valence-electron chi connectivity index (χ1n) is 9.31. The van der Waals surface area contributed by atoms with Gasteiger partial charge in [0.2, 0.25) is 0 Å². The fourth-order valence-corrected chi connectivity index (χ4v) is 3.78. The van der Waals surface area contributed by atoms with E-state index in [1.807, 2.05) is 0 Å². The molecule has 2 aliphatic rings. The summed E-state index contributed by atoms with van der Waals surface area (Å²) in [6.07, 6.45) is 0.711. The van der Waals surface area contributed by atoms with Gasteiger partial charge in [0.05, 0.1) is 36.3 Å². The molecule has 2 aliphatic heterocycles. The second-order valence-corrected chi connectivity index (χ2v) is 7.03. The number of benzene rings is 1. The average Bonchev–Trinajstić information content (AvgIpc) is 2.94. The van der Waals surface area contributed by atoms with Crippen molar-refractivity contribution in [2.24, 2.45) is 0 Å². The molecule has 2 heterocycles. The lowest BCUT2D eigenvalue weighted by atomic mass is 9.96. The van der Waals surface area contributed by atoms with Crippen molar-refractivity contribution < 1.29 is 29.3 Å². The van der Waals surface area contributed by atoms with Gasteiger partial charge in [0.25, 0.3) is 11.6 Å². The van der Waals surface area contributed by atoms with Gasteiger partial charge in [-0.3, -0.25) is 19.7 Å². The van der Waals surface area contributed by atoms with Gasteiger partial charge in [0, 0.05) is 25.1 Å². The lowest BCUT2D eigenvalue weighted by Gasteiger charge is -2.28. The Morgan fingerprint density at radius 2 is 1.96 bits per heavy atom. The number of non-ortho nitro benzene ring substituents is 1. The Morgan fingerprint density at radius 3 is 2.54 bits per heavy atom. The van der Waals surface area contributed by atoms with Crippen LogP contribution in [0, 0.1) is 10.1 Å². The first-order valence-corrected chi connectivity index (χ1v) is 9.31. The molecule has 0 spiro atoms. The zero-order chi connectivity index (χ0) is 20.3. The molecule has 1 atom stereocenters. The molecule has 0 bridgehead atoms. The summed E-state index contributed by atoms with van der Waals surface area (Å²) in [6, 6.07) is 4.99. The molecule has 150 valence electrons. The quantitative estimate of drug-likeness (QED) is 0.507. The van der Waals surface area contributed by atoms with Crippen molar-refractivity contribution in [2.75, 3.05) is 39.4 Å². The Hall–Kier alpha value is -2.78. The number of carbonyl (C=O) groups excluding carboxylic acids is 2. The normalized spacial score (nSPS) is 20.7. The number of hydrogen-bond acceptors (Lipinski definition) is 6. The highest BCUT2D eigenvalue weighted by atomic mass is 16.6. The molecule has 1 aromatic carbocycles. The smallest absolute Gasteiger partial charge is 0.290 e. The Kier molecular flexibility index (Phi) is 6.05. The minimum Gasteiger partial charge on any atom is -0.503 e. The molecule has 0 unspecified atom stereocenters. The van der Waals surface area contributed by atoms with Gasteiger partial charge in [-0.05, 0) is 24.6 Å². The fourth-order valence-electron chi connectivity index (χ4n) is 3.78. The van der Waals surface area contributed by atoms with Crippen LogP contribution in [0.25, 0.3) is 0 Å². The van der Waals surface area contributed by atoms with Crippen LogP contribution < -0.4 is 4.90 Å². The lowest BCUT2D eigenvalue weighted by Crippen LogP contribution is -3.14. The van der Waals surface area contributed by atoms with Crippen LogP contribution in [0.2, 0.25) is 0 Å². The van der Waals surface area contributed by atoms with Crippen LogP contribution in [0.15, 0.2) is 35.6 Å². The van der Waals surface area contributed by atoms with E-state index in [-0.39, 0.29) is 11.3 Å². The van der Waals surface area contributed by atoms with Gasteiger partial charge in [0.15, 0.2) is 11.5 Å². The van der Waals surface area contributed by atoms with Crippen LogP contribution in [0.1, 0.15) is 24.9 Å². The Labute approximate surface area is 162 Å². The molecule has 1 saturated heterocycles. The highest BCUT2D eigenvalue weighted by molar-refractivity contribution is 6.08. The third kappa shape index (κ3) is 4.05. The zero-order valence-corrected chi connectivity index (χ0v) is 15.7. The van der Waals surface area contributed by atoms with Crippen LogP contribution in [-0.2, 0) is 14.3 Å². The Balaban J connectivity index is 1.79. The maximum absolute atomic E-state index is 12.6. The van der Waals surface area contributed by atoms with E-state index in [0.717, 1.165) is 32.8 Å². The van der Waals surface area contributed by atoms with Crippen LogP contribution in [0.4, 0.5) is 5.69 Å². The van der Waals surface area contributed by atoms with Gasteiger partial charge in [-0.25, -0.2) is 0 Å². The van der Waals surface area contributed by atoms with Crippen molar-refractivity contribution in [1.29, 1.82) is 0 Å². The van der Waals surface area contributed by atoms with Crippen molar-refractivity contribution >= 4 is 17.4 Å². The summed E-state index contributed by atoms with van der Waals surface area (Å²) >= 11 is 0. The SMILES string of the molecule is CC(=O)C1=C(O)C(=O)N(CCC[NH+]2CCOCC2)[C@@H]1c1ccc([N+](=O)[O-])cc1. The first-order chi connectivity index (χ1) is 13.4. The predicted molar refractivity (Wildman–Crippen MR) is 98.9 cm³/mol. The molecule has 0 aliphatic carbocycles. The van der Waals surface area contributed by atoms with E-state index in [1.54, 1.807) is 0 Å². The highest BCUT2D eigenvalue weighted by Crippen LogP contribution is 2.38. The van der Waals surface area contributed by atoms with Gasteiger partial charge in [-0.15, -0.1) is 0 Å². The summed E-state index contributed by atoms with van der Waals surface area (Å²) in [5, 5.41) is 21.2. The number of amides is 1. The van der Waals surface area contributed by atoms with Gasteiger partial charge < -0.3 is 19.6 Å². The number of nitrogens with one attached hydrogen (secondary N) is 1. The molecule has 0 aromatic heterocycles. The monoisotopic (exact) mass is 390 g/mol. The molecule has 9 heteroatoms. The second-order valence-electron chi connectivity index (χ2n) is 7.03. The largest absolute Gasteiger partial charge is 0.503 e. The number of rotatable bonds is 7. The van der Waals surface area contributed by atoms with Crippen molar-refractivity contribution in [2.45, 2.75) is 19.4 Å². The van der Waals surface area contributed by atoms with Crippen molar-refractivity contribution in [3.05, 3.63) is 51.3 Å². The van der Waals surface area contributed by atoms with E-state index >= 15 is 0 Å². The number of ether oxygens (including phenoxy) is 1. The first kappa shape index (κ1) is 20.0. The molecular formula is C19H24N3O6+. The number of aliphatic hydroxyl groups excluding tert-OH is 1. The van der Waals surface area contributed by atoms with Crippen LogP contribution in [-0.4, -0.2) is 66.0 Å². The highest BCUT2D eigenvalue weighted by Gasteiger charge is 2.42. The van der Waals surface area contributed by atoms with Gasteiger partial charge in [-0.2, -0.15) is 0 Å². The van der Waals surface area contributed by atoms with Crippen molar-refractivity contribution in [3.8, 4) is 0 Å². The third-order valence-electron chi connectivity index (χ3n) is 5.23. The standard InChI is InChI=1S/C19H23N3O6/c1-13(23)16-17(14-3-5-15(6-4-14)22(26)27)21(19(25)18(16)24)8-2-7-20-9-11-28-12-10-20/h3-6,17,24H,2,7-12H2,1H3/p+1/t17-/m1/s1. The summed E-state index contributed by atoms with van der Waals surface area (Å²) in [6.45, 7) is 5.82. The van der Waals surface area contributed by atoms with Crippen LogP contribution in [0.5, 0.6) is 0 Å². The van der Waals surface area contributed by atoms with Crippen LogP contribution in [0.3, 0.4) is 0 Å². The number of morpholine rings is 1. The summed E-state index contributed by atoms with van der Waals surface area (Å²) in [5.41, 5.74) is 0.526. The number of hydrogen-bond donors (Lipinski definition) is 2. The molecule has 0 saturated carbocycles. The summed E-state index contributed by atoms with van der Waals surface area (Å²) < 4.78 is 5.34. The van der Waals surface area contributed by atoms with E-state index < -0.39 is 28.4 Å². The van der Waals surface area contributed by atoms with Crippen molar-refractivity contribution in [3.63, 3.8) is 0 Å². The molecule has 2 N–H and O–H groups in total. The fraction of sp³-hybridized carbons (Fsp3) is 0.474. The number of nitro groups is 1. The average molecular weight is 390 g/mol. The molecule has 1 fully saturated rings. The lowest BCUT2D eigenvalue weighted by molar-refractivity contribution is -0.908. The van der Waals surface area contributed by atoms with Crippen molar-refractivity contribution in [1.82, 2.24) is 4.90 Å². The van der Waals surface area contributed by atoms with E-state index in [1.165, 1.54) is 41.0 Å². The molecule has 28 heavy (non-hydrogen) atoms. The predicted octanol–water partition coefficient (Wildman–Crippen LogP) is 0.184. The Morgan fingerprint density at radius 1 is 1.32 bits per heavy atom. The second kappa shape index (κ2) is 8.49. The molecule has 9 nitrogen and oxygen atoms in total.